The molecule has 7 heteroatoms. The van der Waals surface area contributed by atoms with E-state index in [4.69, 9.17) is 11.6 Å². The zero-order chi connectivity index (χ0) is 16.2. The van der Waals surface area contributed by atoms with E-state index in [1.54, 1.807) is 25.1 Å². The molecule has 0 unspecified atom stereocenters. The molecule has 2 N–H and O–H groups in total. The first-order valence-corrected chi connectivity index (χ1v) is 9.41. The van der Waals surface area contributed by atoms with Crippen LogP contribution in [0, 0.1) is 6.92 Å². The summed E-state index contributed by atoms with van der Waals surface area (Å²) in [5, 5.41) is 9.81. The van der Waals surface area contributed by atoms with Crippen LogP contribution in [0.25, 0.3) is 0 Å². The molecular weight excluding hydrogens is 324 g/mol. The molecule has 0 aliphatic carbocycles. The minimum absolute atomic E-state index is 0.125. The van der Waals surface area contributed by atoms with Crippen molar-refractivity contribution < 1.29 is 13.5 Å². The number of hydrogen-bond acceptors (Lipinski definition) is 4. The Labute approximate surface area is 137 Å². The van der Waals surface area contributed by atoms with Crippen LogP contribution < -0.4 is 4.72 Å². The molecular formula is C15H23ClN2O3S. The quantitative estimate of drug-likeness (QED) is 0.823. The standard InChI is InChI=1S/C15H23ClN2O3S/c1-12-14(16)6-4-7-15(12)22(20,21)17-8-10-18-9-3-2-5-13(18)11-19/h4,6-7,13,17,19H,2-3,5,8-11H2,1H3/t13-/m0/s1. The number of rotatable bonds is 6. The Morgan fingerprint density at radius 3 is 2.91 bits per heavy atom. The molecule has 0 amide bonds. The molecule has 1 aromatic carbocycles. The molecule has 0 radical (unpaired) electrons. The van der Waals surface area contributed by atoms with E-state index in [1.165, 1.54) is 0 Å². The van der Waals surface area contributed by atoms with E-state index in [0.29, 0.717) is 23.7 Å². The Balaban J connectivity index is 1.97. The van der Waals surface area contributed by atoms with Gasteiger partial charge in [-0.2, -0.15) is 0 Å². The average molecular weight is 347 g/mol. The van der Waals surface area contributed by atoms with Crippen LogP contribution in [0.3, 0.4) is 0 Å². The fraction of sp³-hybridized carbons (Fsp3) is 0.600. The molecule has 0 saturated carbocycles. The summed E-state index contributed by atoms with van der Waals surface area (Å²) in [6.07, 6.45) is 3.18. The normalized spacial score (nSPS) is 20.2. The highest BCUT2D eigenvalue weighted by atomic mass is 35.5. The summed E-state index contributed by atoms with van der Waals surface area (Å²) in [7, 11) is -3.56. The van der Waals surface area contributed by atoms with Crippen molar-refractivity contribution in [2.24, 2.45) is 0 Å². The third-order valence-electron chi connectivity index (χ3n) is 4.16. The summed E-state index contributed by atoms with van der Waals surface area (Å²) >= 11 is 5.99. The van der Waals surface area contributed by atoms with Gasteiger partial charge in [-0.05, 0) is 44.0 Å². The highest BCUT2D eigenvalue weighted by molar-refractivity contribution is 7.89. The van der Waals surface area contributed by atoms with Crippen LogP contribution in [-0.2, 0) is 10.0 Å². The molecule has 2 rings (SSSR count). The largest absolute Gasteiger partial charge is 0.395 e. The molecule has 0 aromatic heterocycles. The van der Waals surface area contributed by atoms with Crippen molar-refractivity contribution in [3.8, 4) is 0 Å². The number of likely N-dealkylation sites (tertiary alicyclic amines) is 1. The molecule has 1 heterocycles. The van der Waals surface area contributed by atoms with Crippen LogP contribution in [0.1, 0.15) is 24.8 Å². The molecule has 5 nitrogen and oxygen atoms in total. The SMILES string of the molecule is Cc1c(Cl)cccc1S(=O)(=O)NCCN1CCCC[C@H]1CO. The first kappa shape index (κ1) is 17.7. The highest BCUT2D eigenvalue weighted by Crippen LogP contribution is 2.22. The number of benzene rings is 1. The molecule has 1 aromatic rings. The summed E-state index contributed by atoms with van der Waals surface area (Å²) < 4.78 is 27.3. The monoisotopic (exact) mass is 346 g/mol. The molecule has 1 fully saturated rings. The summed E-state index contributed by atoms with van der Waals surface area (Å²) in [6.45, 7) is 3.65. The van der Waals surface area contributed by atoms with E-state index >= 15 is 0 Å². The van der Waals surface area contributed by atoms with Gasteiger partial charge < -0.3 is 5.11 Å². The highest BCUT2D eigenvalue weighted by Gasteiger charge is 2.22. The lowest BCUT2D eigenvalue weighted by Crippen LogP contribution is -2.45. The maximum Gasteiger partial charge on any atom is 0.240 e. The molecule has 0 bridgehead atoms. The van der Waals surface area contributed by atoms with Gasteiger partial charge in [-0.15, -0.1) is 0 Å². The smallest absolute Gasteiger partial charge is 0.240 e. The van der Waals surface area contributed by atoms with Crippen molar-refractivity contribution in [2.45, 2.75) is 37.1 Å². The van der Waals surface area contributed by atoms with E-state index in [-0.39, 0.29) is 17.5 Å². The van der Waals surface area contributed by atoms with Gasteiger partial charge in [-0.3, -0.25) is 4.90 Å². The minimum atomic E-state index is -3.56. The topological polar surface area (TPSA) is 69.6 Å². The van der Waals surface area contributed by atoms with Gasteiger partial charge in [0.05, 0.1) is 11.5 Å². The van der Waals surface area contributed by atoms with Crippen molar-refractivity contribution in [2.75, 3.05) is 26.2 Å². The van der Waals surface area contributed by atoms with E-state index < -0.39 is 10.0 Å². The van der Waals surface area contributed by atoms with Gasteiger partial charge in [0.15, 0.2) is 0 Å². The Kier molecular flexibility index (Phi) is 6.23. The second-order valence-corrected chi connectivity index (χ2v) is 7.77. The molecule has 1 aliphatic heterocycles. The summed E-state index contributed by atoms with van der Waals surface area (Å²) in [6, 6.07) is 5.01. The summed E-state index contributed by atoms with van der Waals surface area (Å²) in [4.78, 5) is 2.37. The van der Waals surface area contributed by atoms with Gasteiger partial charge in [0.2, 0.25) is 10.0 Å². The second-order valence-electron chi connectivity index (χ2n) is 5.63. The van der Waals surface area contributed by atoms with Gasteiger partial charge >= 0.3 is 0 Å². The molecule has 1 atom stereocenters. The number of nitrogens with one attached hydrogen (secondary N) is 1. The first-order chi connectivity index (χ1) is 10.5. The van der Waals surface area contributed by atoms with E-state index in [9.17, 15) is 13.5 Å². The van der Waals surface area contributed by atoms with E-state index in [2.05, 4.69) is 9.62 Å². The van der Waals surface area contributed by atoms with Crippen LogP contribution in [-0.4, -0.2) is 50.7 Å². The van der Waals surface area contributed by atoms with Crippen molar-refractivity contribution in [1.82, 2.24) is 9.62 Å². The van der Waals surface area contributed by atoms with Crippen molar-refractivity contribution in [3.63, 3.8) is 0 Å². The predicted molar refractivity (Wildman–Crippen MR) is 87.7 cm³/mol. The average Bonchev–Trinajstić information content (AvgIpc) is 2.50. The van der Waals surface area contributed by atoms with Crippen molar-refractivity contribution in [3.05, 3.63) is 28.8 Å². The number of aliphatic hydroxyl groups is 1. The zero-order valence-electron chi connectivity index (χ0n) is 12.8. The third-order valence-corrected chi connectivity index (χ3v) is 6.17. The number of halogens is 1. The maximum atomic E-state index is 12.4. The Hall–Kier alpha value is -0.660. The Bertz CT molecular complexity index is 607. The van der Waals surface area contributed by atoms with Crippen molar-refractivity contribution >= 4 is 21.6 Å². The number of piperidine rings is 1. The van der Waals surface area contributed by atoms with E-state index in [1.807, 2.05) is 0 Å². The molecule has 124 valence electrons. The lowest BCUT2D eigenvalue weighted by molar-refractivity contribution is 0.0923. The Morgan fingerprint density at radius 1 is 1.41 bits per heavy atom. The Morgan fingerprint density at radius 2 is 2.18 bits per heavy atom. The van der Waals surface area contributed by atoms with Crippen molar-refractivity contribution in [1.29, 1.82) is 0 Å². The molecule has 0 spiro atoms. The van der Waals surface area contributed by atoms with Gasteiger partial charge in [0, 0.05) is 24.2 Å². The van der Waals surface area contributed by atoms with Gasteiger partial charge in [-0.25, -0.2) is 13.1 Å². The van der Waals surface area contributed by atoms with Crippen LogP contribution in [0.4, 0.5) is 0 Å². The third kappa shape index (κ3) is 4.20. The number of hydrogen-bond donors (Lipinski definition) is 2. The van der Waals surface area contributed by atoms with Crippen LogP contribution in [0.15, 0.2) is 23.1 Å². The van der Waals surface area contributed by atoms with Gasteiger partial charge in [0.1, 0.15) is 0 Å². The van der Waals surface area contributed by atoms with Crippen LogP contribution in [0.2, 0.25) is 5.02 Å². The van der Waals surface area contributed by atoms with Crippen LogP contribution >= 0.6 is 11.6 Å². The molecule has 1 saturated heterocycles. The number of sulfonamides is 1. The first-order valence-electron chi connectivity index (χ1n) is 7.55. The lowest BCUT2D eigenvalue weighted by Gasteiger charge is -2.34. The van der Waals surface area contributed by atoms with Gasteiger partial charge in [0.25, 0.3) is 0 Å². The number of aliphatic hydroxyl groups excluding tert-OH is 1. The fourth-order valence-electron chi connectivity index (χ4n) is 2.84. The minimum Gasteiger partial charge on any atom is -0.395 e. The van der Waals surface area contributed by atoms with Gasteiger partial charge in [-0.1, -0.05) is 24.1 Å². The van der Waals surface area contributed by atoms with Crippen LogP contribution in [0.5, 0.6) is 0 Å². The molecule has 1 aliphatic rings. The predicted octanol–water partition coefficient (Wildman–Crippen LogP) is 1.77. The fourth-order valence-corrected chi connectivity index (χ4v) is 4.36. The molecule has 22 heavy (non-hydrogen) atoms. The number of nitrogens with zero attached hydrogens (tertiary/aromatic N) is 1. The lowest BCUT2D eigenvalue weighted by atomic mass is 10.0. The summed E-state index contributed by atoms with van der Waals surface area (Å²) in [5.41, 5.74) is 0.558. The summed E-state index contributed by atoms with van der Waals surface area (Å²) in [5.74, 6) is 0. The zero-order valence-corrected chi connectivity index (χ0v) is 14.3. The second kappa shape index (κ2) is 7.75. The van der Waals surface area contributed by atoms with E-state index in [0.717, 1.165) is 25.8 Å². The maximum absolute atomic E-state index is 12.4.